The van der Waals surface area contributed by atoms with Crippen LogP contribution in [-0.4, -0.2) is 32.5 Å². The van der Waals surface area contributed by atoms with Crippen LogP contribution < -0.4 is 11.1 Å². The van der Waals surface area contributed by atoms with Crippen LogP contribution in [0.5, 0.6) is 0 Å². The Balaban J connectivity index is 1.65. The Morgan fingerprint density at radius 1 is 1.46 bits per heavy atom. The molecule has 0 fully saturated rings. The highest BCUT2D eigenvalue weighted by atomic mass is 32.2. The minimum atomic E-state index is -0.826. The molecule has 7 nitrogen and oxygen atoms in total. The zero-order valence-corrected chi connectivity index (χ0v) is 16.6. The highest BCUT2D eigenvalue weighted by molar-refractivity contribution is 7.99. The highest BCUT2D eigenvalue weighted by Crippen LogP contribution is 2.37. The van der Waals surface area contributed by atoms with Gasteiger partial charge in [-0.3, -0.25) is 10.1 Å². The van der Waals surface area contributed by atoms with E-state index in [1.54, 1.807) is 0 Å². The van der Waals surface area contributed by atoms with E-state index in [2.05, 4.69) is 28.5 Å². The van der Waals surface area contributed by atoms with Crippen LogP contribution in [0.1, 0.15) is 36.6 Å². The van der Waals surface area contributed by atoms with E-state index in [9.17, 15) is 9.59 Å². The molecule has 9 heteroatoms. The van der Waals surface area contributed by atoms with Gasteiger partial charge in [-0.1, -0.05) is 25.1 Å². The summed E-state index contributed by atoms with van der Waals surface area (Å²) in [6, 6.07) is 1.44. The molecule has 2 aromatic heterocycles. The summed E-state index contributed by atoms with van der Waals surface area (Å²) < 4.78 is 1.96. The number of urea groups is 1. The van der Waals surface area contributed by atoms with Gasteiger partial charge in [0, 0.05) is 24.1 Å². The van der Waals surface area contributed by atoms with Gasteiger partial charge in [-0.15, -0.1) is 21.5 Å². The fraction of sp³-hybridized carbons (Fsp3) is 0.529. The highest BCUT2D eigenvalue weighted by Gasteiger charge is 2.22. The topological polar surface area (TPSA) is 103 Å². The molecular formula is C17H23N5O2S2. The summed E-state index contributed by atoms with van der Waals surface area (Å²) in [5.41, 5.74) is 6.39. The Morgan fingerprint density at radius 3 is 3.00 bits per heavy atom. The third kappa shape index (κ3) is 4.27. The van der Waals surface area contributed by atoms with Crippen LogP contribution in [0.25, 0.3) is 10.7 Å². The van der Waals surface area contributed by atoms with Gasteiger partial charge < -0.3 is 10.3 Å². The minimum Gasteiger partial charge on any atom is -0.351 e. The monoisotopic (exact) mass is 393 g/mol. The van der Waals surface area contributed by atoms with E-state index in [1.807, 2.05) is 23.0 Å². The molecule has 3 N–H and O–H groups in total. The van der Waals surface area contributed by atoms with Crippen LogP contribution in [0, 0.1) is 5.92 Å². The number of primary amides is 1. The number of hydrogen-bond acceptors (Lipinski definition) is 6. The number of hydrogen-bond donors (Lipinski definition) is 2. The molecule has 0 saturated carbocycles. The van der Waals surface area contributed by atoms with Crippen molar-refractivity contribution in [3.63, 3.8) is 0 Å². The molecule has 1 aliphatic carbocycles. The number of fused-ring (bicyclic) bond motifs is 1. The Kier molecular flexibility index (Phi) is 5.98. The molecule has 0 spiro atoms. The molecule has 0 radical (unpaired) electrons. The maximum absolute atomic E-state index is 11.5. The molecule has 26 heavy (non-hydrogen) atoms. The van der Waals surface area contributed by atoms with E-state index >= 15 is 0 Å². The molecule has 140 valence electrons. The number of aryl methyl sites for hydroxylation is 1. The van der Waals surface area contributed by atoms with Crippen LogP contribution in [0.3, 0.4) is 0 Å². The van der Waals surface area contributed by atoms with E-state index in [4.69, 9.17) is 5.73 Å². The first-order valence-electron chi connectivity index (χ1n) is 8.71. The molecule has 2 heterocycles. The van der Waals surface area contributed by atoms with Crippen molar-refractivity contribution in [1.29, 1.82) is 0 Å². The number of imide groups is 1. The lowest BCUT2D eigenvalue weighted by molar-refractivity contribution is -0.119. The van der Waals surface area contributed by atoms with Gasteiger partial charge in [0.2, 0.25) is 5.91 Å². The zero-order chi connectivity index (χ0) is 18.7. The average Bonchev–Trinajstić information content (AvgIpc) is 3.17. The third-order valence-electron chi connectivity index (χ3n) is 4.64. The summed E-state index contributed by atoms with van der Waals surface area (Å²) in [5, 5.41) is 11.4. The van der Waals surface area contributed by atoms with Gasteiger partial charge in [0.15, 0.2) is 11.0 Å². The van der Waals surface area contributed by atoms with Crippen molar-refractivity contribution in [2.45, 2.75) is 44.2 Å². The minimum absolute atomic E-state index is 0.196. The number of thiophene rings is 1. The second-order valence-electron chi connectivity index (χ2n) is 6.45. The predicted molar refractivity (Wildman–Crippen MR) is 103 cm³/mol. The first-order valence-corrected chi connectivity index (χ1v) is 10.5. The smallest absolute Gasteiger partial charge is 0.318 e. The van der Waals surface area contributed by atoms with Gasteiger partial charge in [-0.25, -0.2) is 4.79 Å². The number of carbonyl (C=O) groups is 2. The van der Waals surface area contributed by atoms with Gasteiger partial charge in [0.1, 0.15) is 0 Å². The summed E-state index contributed by atoms with van der Waals surface area (Å²) in [7, 11) is 1.94. The summed E-state index contributed by atoms with van der Waals surface area (Å²) in [6.07, 6.45) is 5.03. The van der Waals surface area contributed by atoms with Gasteiger partial charge in [-0.05, 0) is 36.8 Å². The van der Waals surface area contributed by atoms with E-state index in [0.29, 0.717) is 5.75 Å². The molecular weight excluding hydrogens is 370 g/mol. The van der Waals surface area contributed by atoms with Gasteiger partial charge >= 0.3 is 6.03 Å². The van der Waals surface area contributed by atoms with E-state index in [1.165, 1.54) is 35.0 Å². The van der Waals surface area contributed by atoms with Crippen molar-refractivity contribution < 1.29 is 9.59 Å². The number of nitrogens with two attached hydrogens (primary N) is 1. The molecule has 3 amide bonds. The fourth-order valence-electron chi connectivity index (χ4n) is 3.15. The first-order chi connectivity index (χ1) is 12.5. The number of rotatable bonds is 6. The summed E-state index contributed by atoms with van der Waals surface area (Å²) in [6.45, 7) is 2.26. The number of amides is 3. The number of nitrogens with zero attached hydrogens (tertiary/aromatic N) is 3. The zero-order valence-electron chi connectivity index (χ0n) is 14.9. The van der Waals surface area contributed by atoms with E-state index in [0.717, 1.165) is 34.6 Å². The Bertz CT molecular complexity index is 814. The van der Waals surface area contributed by atoms with Crippen LogP contribution in [-0.2, 0) is 24.7 Å². The molecule has 1 aliphatic rings. The standard InChI is InChI=1S/C17H23N5O2S2/c1-3-10-4-5-12-11(8-10)9-13(26-12)15-20-21-17(22(15)2)25-7-6-14(23)19-16(18)24/h9-10H,3-8H2,1-2H3,(H3,18,19,23,24). The van der Waals surface area contributed by atoms with Crippen molar-refractivity contribution in [3.05, 3.63) is 16.5 Å². The van der Waals surface area contributed by atoms with Gasteiger partial charge in [0.05, 0.1) is 4.88 Å². The maximum atomic E-state index is 11.5. The van der Waals surface area contributed by atoms with Gasteiger partial charge in [0.25, 0.3) is 0 Å². The molecule has 2 aromatic rings. The second-order valence-corrected chi connectivity index (χ2v) is 8.65. The Morgan fingerprint density at radius 2 is 2.27 bits per heavy atom. The first kappa shape index (κ1) is 18.9. The van der Waals surface area contributed by atoms with Crippen LogP contribution in [0.2, 0.25) is 0 Å². The second kappa shape index (κ2) is 8.22. The van der Waals surface area contributed by atoms with Crippen molar-refractivity contribution in [2.24, 2.45) is 18.7 Å². The lowest BCUT2D eigenvalue weighted by Crippen LogP contribution is -2.35. The molecule has 0 saturated heterocycles. The van der Waals surface area contributed by atoms with Crippen LogP contribution in [0.4, 0.5) is 4.79 Å². The van der Waals surface area contributed by atoms with Crippen LogP contribution >= 0.6 is 23.1 Å². The number of nitrogens with one attached hydrogen (secondary N) is 1. The van der Waals surface area contributed by atoms with Crippen molar-refractivity contribution in [3.8, 4) is 10.7 Å². The van der Waals surface area contributed by atoms with E-state index < -0.39 is 6.03 Å². The Hall–Kier alpha value is -1.87. The normalized spacial score (nSPS) is 16.3. The average molecular weight is 394 g/mol. The van der Waals surface area contributed by atoms with E-state index in [-0.39, 0.29) is 12.3 Å². The SMILES string of the molecule is CCC1CCc2sc(-c3nnc(SCCC(=O)NC(N)=O)n3C)cc2C1. The van der Waals surface area contributed by atoms with Crippen molar-refractivity contribution >= 4 is 35.0 Å². The number of aromatic nitrogens is 3. The maximum Gasteiger partial charge on any atom is 0.318 e. The lowest BCUT2D eigenvalue weighted by Gasteiger charge is -2.19. The predicted octanol–water partition coefficient (Wildman–Crippen LogP) is 2.74. The Labute approximate surface area is 160 Å². The summed E-state index contributed by atoms with van der Waals surface area (Å²) in [5.74, 6) is 1.77. The third-order valence-corrected chi connectivity index (χ3v) is 6.90. The van der Waals surface area contributed by atoms with Crippen LogP contribution in [0.15, 0.2) is 11.2 Å². The molecule has 0 bridgehead atoms. The largest absolute Gasteiger partial charge is 0.351 e. The molecule has 1 unspecified atom stereocenters. The summed E-state index contributed by atoms with van der Waals surface area (Å²) >= 11 is 3.25. The molecule has 3 rings (SSSR count). The lowest BCUT2D eigenvalue weighted by atomic mass is 9.87. The molecule has 0 aromatic carbocycles. The van der Waals surface area contributed by atoms with Crippen molar-refractivity contribution in [2.75, 3.05) is 5.75 Å². The molecule has 1 atom stereocenters. The number of thioether (sulfide) groups is 1. The quantitative estimate of drug-likeness (QED) is 0.735. The fourth-order valence-corrected chi connectivity index (χ4v) is 5.23. The van der Waals surface area contributed by atoms with Crippen molar-refractivity contribution in [1.82, 2.24) is 20.1 Å². The van der Waals surface area contributed by atoms with Gasteiger partial charge in [-0.2, -0.15) is 0 Å². The molecule has 0 aliphatic heterocycles. The summed E-state index contributed by atoms with van der Waals surface area (Å²) in [4.78, 5) is 24.7. The number of carbonyl (C=O) groups excluding carboxylic acids is 2.